The molecule has 2 aliphatic rings. The summed E-state index contributed by atoms with van der Waals surface area (Å²) in [6.45, 7) is 12.6. The van der Waals surface area contributed by atoms with Gasteiger partial charge in [-0.3, -0.25) is 0 Å². The monoisotopic (exact) mass is 289 g/mol. The molecule has 118 valence electrons. The van der Waals surface area contributed by atoms with Crippen molar-refractivity contribution >= 4 is 0 Å². The maximum absolute atomic E-state index is 5.00. The smallest absolute Gasteiger partial charge is 0.114 e. The summed E-state index contributed by atoms with van der Waals surface area (Å²) in [5, 5.41) is 3.47. The minimum Gasteiger partial charge on any atom is -0.331 e. The molecule has 3 rings (SSSR count). The van der Waals surface area contributed by atoms with Crippen LogP contribution in [0, 0.1) is 11.8 Å². The molecule has 0 saturated heterocycles. The molecule has 1 aliphatic heterocycles. The van der Waals surface area contributed by atoms with Crippen LogP contribution in [-0.2, 0) is 24.9 Å². The van der Waals surface area contributed by atoms with Gasteiger partial charge in [0.05, 0.1) is 5.69 Å². The third-order valence-corrected chi connectivity index (χ3v) is 5.23. The first-order valence-corrected chi connectivity index (χ1v) is 8.74. The lowest BCUT2D eigenvalue weighted by molar-refractivity contribution is 0.257. The largest absolute Gasteiger partial charge is 0.331 e. The molecule has 1 aliphatic carbocycles. The Morgan fingerprint density at radius 3 is 2.57 bits per heavy atom. The van der Waals surface area contributed by atoms with E-state index in [0.29, 0.717) is 0 Å². The van der Waals surface area contributed by atoms with Crippen molar-refractivity contribution in [2.45, 2.75) is 78.3 Å². The van der Waals surface area contributed by atoms with Crippen molar-refractivity contribution in [1.29, 1.82) is 0 Å². The zero-order chi connectivity index (χ0) is 15.0. The zero-order valence-corrected chi connectivity index (χ0v) is 14.2. The van der Waals surface area contributed by atoms with E-state index in [-0.39, 0.29) is 5.41 Å². The molecule has 1 aromatic heterocycles. The van der Waals surface area contributed by atoms with Crippen LogP contribution in [0.1, 0.15) is 70.6 Å². The number of hydrogen-bond acceptors (Lipinski definition) is 2. The van der Waals surface area contributed by atoms with Crippen molar-refractivity contribution in [3.05, 3.63) is 17.2 Å². The van der Waals surface area contributed by atoms with Gasteiger partial charge in [-0.2, -0.15) is 0 Å². The van der Waals surface area contributed by atoms with Crippen molar-refractivity contribution in [2.75, 3.05) is 6.54 Å². The molecule has 0 bridgehead atoms. The lowest BCUT2D eigenvalue weighted by Gasteiger charge is -2.29. The van der Waals surface area contributed by atoms with E-state index >= 15 is 0 Å². The first kappa shape index (κ1) is 15.1. The normalized spacial score (nSPS) is 26.7. The highest BCUT2D eigenvalue weighted by atomic mass is 15.1. The summed E-state index contributed by atoms with van der Waals surface area (Å²) in [5.41, 5.74) is 2.95. The van der Waals surface area contributed by atoms with Gasteiger partial charge in [-0.1, -0.05) is 40.5 Å². The Labute approximate surface area is 129 Å². The second-order valence-electron chi connectivity index (χ2n) is 8.24. The number of nitrogens with one attached hydrogen (secondary N) is 1. The molecule has 21 heavy (non-hydrogen) atoms. The van der Waals surface area contributed by atoms with Crippen molar-refractivity contribution in [2.24, 2.45) is 11.8 Å². The van der Waals surface area contributed by atoms with Gasteiger partial charge in [-0.15, -0.1) is 0 Å². The first-order valence-electron chi connectivity index (χ1n) is 8.74. The van der Waals surface area contributed by atoms with Gasteiger partial charge < -0.3 is 9.88 Å². The molecule has 1 fully saturated rings. The Kier molecular flexibility index (Phi) is 4.13. The van der Waals surface area contributed by atoms with Crippen LogP contribution in [0.25, 0.3) is 0 Å². The molecule has 2 heterocycles. The van der Waals surface area contributed by atoms with Gasteiger partial charge in [-0.05, 0) is 24.7 Å². The first-order chi connectivity index (χ1) is 9.95. The summed E-state index contributed by atoms with van der Waals surface area (Å²) in [4.78, 5) is 5.00. The molecule has 3 heteroatoms. The third-order valence-electron chi connectivity index (χ3n) is 5.23. The van der Waals surface area contributed by atoms with Crippen LogP contribution in [-0.4, -0.2) is 16.1 Å². The minimum atomic E-state index is 0.138. The molecular weight excluding hydrogens is 258 g/mol. The summed E-state index contributed by atoms with van der Waals surface area (Å²) in [6.07, 6.45) is 6.76. The van der Waals surface area contributed by atoms with E-state index in [9.17, 15) is 0 Å². The second kappa shape index (κ2) is 5.75. The standard InChI is InChI=1S/C18H31N3/c1-13-5-7-14(8-6-13)12-21-16-9-10-19-11-15(16)20-17(21)18(2,3)4/h13-14,19H,5-12H2,1-4H3. The molecule has 3 nitrogen and oxygen atoms in total. The van der Waals surface area contributed by atoms with Gasteiger partial charge >= 0.3 is 0 Å². The molecule has 0 spiro atoms. The molecule has 0 radical (unpaired) electrons. The lowest BCUT2D eigenvalue weighted by Crippen LogP contribution is -2.28. The van der Waals surface area contributed by atoms with Crippen LogP contribution in [0.3, 0.4) is 0 Å². The van der Waals surface area contributed by atoms with E-state index in [1.807, 2.05) is 0 Å². The van der Waals surface area contributed by atoms with Crippen molar-refractivity contribution in [1.82, 2.24) is 14.9 Å². The predicted octanol–water partition coefficient (Wildman–Crippen LogP) is 3.65. The topological polar surface area (TPSA) is 29.9 Å². The molecule has 1 aromatic rings. The van der Waals surface area contributed by atoms with Gasteiger partial charge in [0.2, 0.25) is 0 Å². The Hall–Kier alpha value is -0.830. The van der Waals surface area contributed by atoms with Gasteiger partial charge in [0.1, 0.15) is 5.82 Å². The van der Waals surface area contributed by atoms with Gasteiger partial charge in [-0.25, -0.2) is 4.98 Å². The Morgan fingerprint density at radius 2 is 1.90 bits per heavy atom. The van der Waals surface area contributed by atoms with E-state index in [1.54, 1.807) is 0 Å². The summed E-state index contributed by atoms with van der Waals surface area (Å²) in [6, 6.07) is 0. The highest BCUT2D eigenvalue weighted by molar-refractivity contribution is 5.23. The fraction of sp³-hybridized carbons (Fsp3) is 0.833. The SMILES string of the molecule is CC1CCC(Cn2c(C(C)(C)C)nc3c2CCNC3)CC1. The molecule has 1 N–H and O–H groups in total. The summed E-state index contributed by atoms with van der Waals surface area (Å²) in [5.74, 6) is 3.09. The second-order valence-corrected chi connectivity index (χ2v) is 8.24. The van der Waals surface area contributed by atoms with Crippen molar-refractivity contribution < 1.29 is 0 Å². The third kappa shape index (κ3) is 3.18. The van der Waals surface area contributed by atoms with E-state index < -0.39 is 0 Å². The highest BCUT2D eigenvalue weighted by Gasteiger charge is 2.29. The Balaban J connectivity index is 1.87. The number of fused-ring (bicyclic) bond motifs is 1. The lowest BCUT2D eigenvalue weighted by atomic mass is 9.83. The van der Waals surface area contributed by atoms with E-state index in [1.165, 1.54) is 49.4 Å². The number of hydrogen-bond donors (Lipinski definition) is 1. The molecule has 1 saturated carbocycles. The Morgan fingerprint density at radius 1 is 1.19 bits per heavy atom. The van der Waals surface area contributed by atoms with Crippen molar-refractivity contribution in [3.8, 4) is 0 Å². The molecular formula is C18H31N3. The minimum absolute atomic E-state index is 0.138. The van der Waals surface area contributed by atoms with Crippen LogP contribution >= 0.6 is 0 Å². The average Bonchev–Trinajstić information content (AvgIpc) is 2.81. The fourth-order valence-corrected chi connectivity index (χ4v) is 3.91. The van der Waals surface area contributed by atoms with E-state index in [4.69, 9.17) is 4.98 Å². The van der Waals surface area contributed by atoms with Crippen LogP contribution in [0.5, 0.6) is 0 Å². The summed E-state index contributed by atoms with van der Waals surface area (Å²) < 4.78 is 2.59. The molecule has 0 amide bonds. The van der Waals surface area contributed by atoms with E-state index in [2.05, 4.69) is 37.6 Å². The molecule has 0 unspecified atom stereocenters. The van der Waals surface area contributed by atoms with Gasteiger partial charge in [0, 0.05) is 37.2 Å². The maximum atomic E-state index is 5.00. The number of nitrogens with zero attached hydrogens (tertiary/aromatic N) is 2. The van der Waals surface area contributed by atoms with Crippen LogP contribution in [0.15, 0.2) is 0 Å². The Bertz CT molecular complexity index is 487. The molecule has 0 atom stereocenters. The fourth-order valence-electron chi connectivity index (χ4n) is 3.91. The summed E-state index contributed by atoms with van der Waals surface area (Å²) in [7, 11) is 0. The highest BCUT2D eigenvalue weighted by Crippen LogP contribution is 2.32. The number of aromatic nitrogens is 2. The van der Waals surface area contributed by atoms with Crippen LogP contribution < -0.4 is 5.32 Å². The average molecular weight is 289 g/mol. The van der Waals surface area contributed by atoms with E-state index in [0.717, 1.165) is 31.3 Å². The number of rotatable bonds is 2. The van der Waals surface area contributed by atoms with Crippen LogP contribution in [0.4, 0.5) is 0 Å². The zero-order valence-electron chi connectivity index (χ0n) is 14.2. The molecule has 0 aromatic carbocycles. The maximum Gasteiger partial charge on any atom is 0.114 e. The quantitative estimate of drug-likeness (QED) is 0.900. The van der Waals surface area contributed by atoms with Crippen LogP contribution in [0.2, 0.25) is 0 Å². The summed E-state index contributed by atoms with van der Waals surface area (Å²) >= 11 is 0. The number of imidazole rings is 1. The van der Waals surface area contributed by atoms with Gasteiger partial charge in [0.15, 0.2) is 0 Å². The van der Waals surface area contributed by atoms with Crippen molar-refractivity contribution in [3.63, 3.8) is 0 Å². The van der Waals surface area contributed by atoms with Gasteiger partial charge in [0.25, 0.3) is 0 Å². The predicted molar refractivity (Wildman–Crippen MR) is 87.5 cm³/mol.